The number of ether oxygens (including phenoxy) is 1. The van der Waals surface area contributed by atoms with Crippen molar-refractivity contribution in [3.05, 3.63) is 39.3 Å². The number of carbonyl (C=O) groups is 2. The molecule has 8 heteroatoms. The van der Waals surface area contributed by atoms with E-state index in [0.717, 1.165) is 12.8 Å². The van der Waals surface area contributed by atoms with Crippen LogP contribution in [0.4, 0.5) is 0 Å². The first kappa shape index (κ1) is 17.2. The number of carbonyl (C=O) groups excluding carboxylic acids is 2. The number of hydrogen-bond donors (Lipinski definition) is 1. The highest BCUT2D eigenvalue weighted by Gasteiger charge is 2.24. The minimum absolute atomic E-state index is 0.0686. The molecule has 1 aliphatic heterocycles. The molecule has 1 aromatic carbocycles. The first-order chi connectivity index (χ1) is 11.5. The van der Waals surface area contributed by atoms with E-state index in [2.05, 4.69) is 10.3 Å². The first-order valence-electron chi connectivity index (χ1n) is 7.40. The molecule has 0 spiro atoms. The minimum atomic E-state index is -0.541. The third-order valence-corrected chi connectivity index (χ3v) is 5.11. The van der Waals surface area contributed by atoms with Gasteiger partial charge in [-0.05, 0) is 31.0 Å². The van der Waals surface area contributed by atoms with Crippen molar-refractivity contribution < 1.29 is 14.3 Å². The molecule has 1 aliphatic rings. The quantitative estimate of drug-likeness (QED) is 0.813. The topological polar surface area (TPSA) is 68.3 Å². The number of halogens is 2. The molecule has 1 amide bonds. The first-order valence-corrected chi connectivity index (χ1v) is 9.04. The molecule has 126 valence electrons. The van der Waals surface area contributed by atoms with Gasteiger partial charge in [-0.25, -0.2) is 9.78 Å². The molecule has 5 nitrogen and oxygen atoms in total. The van der Waals surface area contributed by atoms with Gasteiger partial charge in [-0.1, -0.05) is 23.2 Å². The van der Waals surface area contributed by atoms with E-state index in [9.17, 15) is 9.59 Å². The molecule has 1 N–H and O–H groups in total. The van der Waals surface area contributed by atoms with Crippen molar-refractivity contribution in [3.8, 4) is 10.6 Å². The second kappa shape index (κ2) is 7.51. The van der Waals surface area contributed by atoms with Crippen molar-refractivity contribution in [1.82, 2.24) is 10.3 Å². The highest BCUT2D eigenvalue weighted by molar-refractivity contribution is 7.13. The lowest BCUT2D eigenvalue weighted by atomic mass is 10.00. The monoisotopic (exact) mass is 384 g/mol. The summed E-state index contributed by atoms with van der Waals surface area (Å²) in [5.74, 6) is -0.895. The predicted octanol–water partition coefficient (Wildman–Crippen LogP) is 3.80. The van der Waals surface area contributed by atoms with Crippen LogP contribution in [-0.2, 0) is 9.53 Å². The van der Waals surface area contributed by atoms with Gasteiger partial charge in [-0.15, -0.1) is 11.3 Å². The summed E-state index contributed by atoms with van der Waals surface area (Å²) in [5.41, 5.74) is 0.911. The van der Waals surface area contributed by atoms with E-state index < -0.39 is 5.97 Å². The maximum absolute atomic E-state index is 12.1. The summed E-state index contributed by atoms with van der Waals surface area (Å²) in [4.78, 5) is 28.0. The summed E-state index contributed by atoms with van der Waals surface area (Å²) in [6.07, 6.45) is 1.62. The number of aromatic nitrogens is 1. The summed E-state index contributed by atoms with van der Waals surface area (Å²) < 4.78 is 5.23. The Kier molecular flexibility index (Phi) is 5.38. The van der Waals surface area contributed by atoms with Crippen molar-refractivity contribution >= 4 is 46.4 Å². The van der Waals surface area contributed by atoms with Crippen LogP contribution < -0.4 is 5.32 Å². The Morgan fingerprint density at radius 2 is 2.25 bits per heavy atom. The number of thiazole rings is 1. The van der Waals surface area contributed by atoms with Crippen molar-refractivity contribution in [2.24, 2.45) is 5.92 Å². The van der Waals surface area contributed by atoms with Crippen molar-refractivity contribution in [1.29, 1.82) is 0 Å². The predicted molar refractivity (Wildman–Crippen MR) is 93.6 cm³/mol. The molecule has 1 saturated heterocycles. The number of esters is 1. The molecule has 24 heavy (non-hydrogen) atoms. The third kappa shape index (κ3) is 3.88. The molecule has 0 bridgehead atoms. The van der Waals surface area contributed by atoms with Crippen LogP contribution >= 0.6 is 34.5 Å². The Morgan fingerprint density at radius 1 is 1.42 bits per heavy atom. The fourth-order valence-corrected chi connectivity index (χ4v) is 3.78. The highest BCUT2D eigenvalue weighted by atomic mass is 35.5. The fourth-order valence-electron chi connectivity index (χ4n) is 2.40. The molecular weight excluding hydrogens is 371 g/mol. The Hall–Kier alpha value is -1.63. The standard InChI is InChI=1S/C16H14Cl2N2O3S/c17-10-3-4-11(12(18)6-10)15-20-13(8-24-15)16(22)23-7-9-2-1-5-19-14(9)21/h3-4,6,8-9H,1-2,5,7H2,(H,19,21). The Bertz CT molecular complexity index is 778. The number of benzene rings is 1. The van der Waals surface area contributed by atoms with Gasteiger partial charge in [0.1, 0.15) is 11.6 Å². The van der Waals surface area contributed by atoms with Gasteiger partial charge in [0.05, 0.1) is 10.9 Å². The number of hydrogen-bond acceptors (Lipinski definition) is 5. The Labute approximate surface area is 152 Å². The van der Waals surface area contributed by atoms with Crippen LogP contribution in [0.2, 0.25) is 10.0 Å². The van der Waals surface area contributed by atoms with Crippen molar-refractivity contribution in [2.75, 3.05) is 13.2 Å². The van der Waals surface area contributed by atoms with Gasteiger partial charge >= 0.3 is 5.97 Å². The van der Waals surface area contributed by atoms with E-state index in [0.29, 0.717) is 27.2 Å². The highest BCUT2D eigenvalue weighted by Crippen LogP contribution is 2.32. The molecule has 1 fully saturated rings. The smallest absolute Gasteiger partial charge is 0.357 e. The maximum Gasteiger partial charge on any atom is 0.357 e. The number of nitrogens with one attached hydrogen (secondary N) is 1. The average Bonchev–Trinajstić information content (AvgIpc) is 3.03. The van der Waals surface area contributed by atoms with Gasteiger partial charge < -0.3 is 10.1 Å². The normalized spacial score (nSPS) is 17.4. The summed E-state index contributed by atoms with van der Waals surface area (Å²) >= 11 is 13.3. The van der Waals surface area contributed by atoms with E-state index >= 15 is 0 Å². The third-order valence-electron chi connectivity index (χ3n) is 3.69. The fraction of sp³-hybridized carbons (Fsp3) is 0.312. The zero-order valence-corrected chi connectivity index (χ0v) is 14.9. The molecule has 0 radical (unpaired) electrons. The molecule has 1 atom stereocenters. The van der Waals surface area contributed by atoms with Gasteiger partial charge in [0.2, 0.25) is 5.91 Å². The summed E-state index contributed by atoms with van der Waals surface area (Å²) in [5, 5.41) is 5.99. The van der Waals surface area contributed by atoms with Crippen LogP contribution in [0.25, 0.3) is 10.6 Å². The summed E-state index contributed by atoms with van der Waals surface area (Å²) in [6, 6.07) is 5.09. The van der Waals surface area contributed by atoms with Crippen LogP contribution in [0.1, 0.15) is 23.3 Å². The second-order valence-electron chi connectivity index (χ2n) is 5.39. The largest absolute Gasteiger partial charge is 0.460 e. The number of rotatable bonds is 4. The molecule has 0 aliphatic carbocycles. The minimum Gasteiger partial charge on any atom is -0.460 e. The summed E-state index contributed by atoms with van der Waals surface area (Å²) in [6.45, 7) is 0.750. The molecule has 2 heterocycles. The van der Waals surface area contributed by atoms with Gasteiger partial charge in [-0.2, -0.15) is 0 Å². The van der Waals surface area contributed by atoms with Gasteiger partial charge in [0, 0.05) is 22.5 Å². The lowest BCUT2D eigenvalue weighted by Gasteiger charge is -2.21. The number of piperidine rings is 1. The molecule has 1 unspecified atom stereocenters. The summed E-state index contributed by atoms with van der Waals surface area (Å²) in [7, 11) is 0. The zero-order valence-electron chi connectivity index (χ0n) is 12.6. The van der Waals surface area contributed by atoms with Crippen LogP contribution in [0.15, 0.2) is 23.6 Å². The van der Waals surface area contributed by atoms with E-state index in [1.807, 2.05) is 0 Å². The van der Waals surface area contributed by atoms with E-state index in [1.165, 1.54) is 11.3 Å². The zero-order chi connectivity index (χ0) is 17.1. The number of amides is 1. The SMILES string of the molecule is O=C(OCC1CCCNC1=O)c1csc(-c2ccc(Cl)cc2Cl)n1. The maximum atomic E-state index is 12.1. The van der Waals surface area contributed by atoms with Gasteiger partial charge in [-0.3, -0.25) is 4.79 Å². The average molecular weight is 385 g/mol. The lowest BCUT2D eigenvalue weighted by Crippen LogP contribution is -2.39. The van der Waals surface area contributed by atoms with Crippen LogP contribution in [0.3, 0.4) is 0 Å². The van der Waals surface area contributed by atoms with Crippen LogP contribution in [-0.4, -0.2) is 30.0 Å². The molecule has 3 rings (SSSR count). The molecule has 2 aromatic rings. The van der Waals surface area contributed by atoms with Crippen molar-refractivity contribution in [3.63, 3.8) is 0 Å². The lowest BCUT2D eigenvalue weighted by molar-refractivity contribution is -0.127. The van der Waals surface area contributed by atoms with Crippen LogP contribution in [0, 0.1) is 5.92 Å². The van der Waals surface area contributed by atoms with E-state index in [-0.39, 0.29) is 24.1 Å². The molecular formula is C16H14Cl2N2O3S. The molecule has 1 aromatic heterocycles. The Morgan fingerprint density at radius 3 is 3.00 bits per heavy atom. The van der Waals surface area contributed by atoms with E-state index in [4.69, 9.17) is 27.9 Å². The van der Waals surface area contributed by atoms with Crippen molar-refractivity contribution in [2.45, 2.75) is 12.8 Å². The van der Waals surface area contributed by atoms with Crippen LogP contribution in [0.5, 0.6) is 0 Å². The Balaban J connectivity index is 1.66. The second-order valence-corrected chi connectivity index (χ2v) is 7.09. The molecule has 0 saturated carbocycles. The van der Waals surface area contributed by atoms with E-state index in [1.54, 1.807) is 23.6 Å². The number of nitrogens with zero attached hydrogens (tertiary/aromatic N) is 1. The van der Waals surface area contributed by atoms with Gasteiger partial charge in [0.25, 0.3) is 0 Å². The van der Waals surface area contributed by atoms with Gasteiger partial charge in [0.15, 0.2) is 5.69 Å².